The highest BCUT2D eigenvalue weighted by Gasteiger charge is 2.17. The van der Waals surface area contributed by atoms with Crippen LogP contribution in [-0.4, -0.2) is 54.5 Å². The zero-order chi connectivity index (χ0) is 12.8. The van der Waals surface area contributed by atoms with Crippen molar-refractivity contribution in [3.8, 4) is 0 Å². The van der Waals surface area contributed by atoms with Gasteiger partial charge < -0.3 is 10.5 Å². The molecule has 0 aliphatic heterocycles. The summed E-state index contributed by atoms with van der Waals surface area (Å²) < 4.78 is 50.9. The van der Waals surface area contributed by atoms with Crippen LogP contribution in [0.5, 0.6) is 0 Å². The van der Waals surface area contributed by atoms with Crippen molar-refractivity contribution < 1.29 is 21.6 Å². The molecule has 0 amide bonds. The molecule has 0 aromatic carbocycles. The molecule has 98 valence electrons. The number of rotatable bonds is 8. The lowest BCUT2D eigenvalue weighted by Crippen LogP contribution is -2.35. The minimum Gasteiger partial charge on any atom is -0.383 e. The van der Waals surface area contributed by atoms with Crippen LogP contribution in [0.3, 0.4) is 0 Å². The number of methoxy groups -OCH3 is 1. The summed E-state index contributed by atoms with van der Waals surface area (Å²) >= 11 is 0. The highest BCUT2D eigenvalue weighted by atomic mass is 32.3. The van der Waals surface area contributed by atoms with E-state index in [0.717, 1.165) is 6.26 Å². The quantitative estimate of drug-likeness (QED) is 0.543. The van der Waals surface area contributed by atoms with Crippen LogP contribution in [0.1, 0.15) is 6.42 Å². The lowest BCUT2D eigenvalue weighted by molar-refractivity contribution is 0.177. The molecular weight excluding hydrogens is 256 g/mol. The Morgan fingerprint density at radius 1 is 1.31 bits per heavy atom. The Balaban J connectivity index is 4.02. The molecule has 16 heavy (non-hydrogen) atoms. The van der Waals surface area contributed by atoms with Crippen LogP contribution in [0.15, 0.2) is 0 Å². The van der Waals surface area contributed by atoms with E-state index in [1.807, 2.05) is 0 Å². The van der Waals surface area contributed by atoms with Crippen LogP contribution in [0, 0.1) is 0 Å². The van der Waals surface area contributed by atoms with Crippen molar-refractivity contribution in [2.24, 2.45) is 5.73 Å². The number of nitrogens with one attached hydrogen (secondary N) is 1. The molecular formula is C7H18N2O5S2. The number of sulfone groups is 1. The monoisotopic (exact) mass is 274 g/mol. The first kappa shape index (κ1) is 15.8. The van der Waals surface area contributed by atoms with Gasteiger partial charge in [0, 0.05) is 26.0 Å². The first-order valence-electron chi connectivity index (χ1n) is 4.56. The predicted molar refractivity (Wildman–Crippen MR) is 61.1 cm³/mol. The largest absolute Gasteiger partial charge is 0.383 e. The number of sulfonamides is 1. The fraction of sp³-hybridized carbons (Fsp3) is 1.00. The molecule has 3 N–H and O–H groups in total. The maximum absolute atomic E-state index is 11.2. The number of ether oxygens (including phenoxy) is 1. The van der Waals surface area contributed by atoms with Crippen LogP contribution in [0.2, 0.25) is 0 Å². The highest BCUT2D eigenvalue weighted by molar-refractivity contribution is 8.06. The molecule has 0 aliphatic carbocycles. The Bertz CT molecular complexity index is 389. The second-order valence-electron chi connectivity index (χ2n) is 3.56. The fourth-order valence-electron chi connectivity index (χ4n) is 1.02. The summed E-state index contributed by atoms with van der Waals surface area (Å²) in [5.74, 6) is 0. The smallest absolute Gasteiger partial charge is 0.226 e. The molecule has 0 spiro atoms. The maximum Gasteiger partial charge on any atom is 0.226 e. The SMILES string of the molecule is COCC(N)CCNS(=O)(=O)CS(C)(=O)=O. The van der Waals surface area contributed by atoms with Crippen molar-refractivity contribution in [1.29, 1.82) is 0 Å². The molecule has 0 fully saturated rings. The van der Waals surface area contributed by atoms with Gasteiger partial charge in [-0.2, -0.15) is 0 Å². The van der Waals surface area contributed by atoms with Gasteiger partial charge in [-0.3, -0.25) is 0 Å². The average molecular weight is 274 g/mol. The summed E-state index contributed by atoms with van der Waals surface area (Å²) in [4.78, 5) is 0. The van der Waals surface area contributed by atoms with Gasteiger partial charge in [-0.25, -0.2) is 21.6 Å². The van der Waals surface area contributed by atoms with E-state index >= 15 is 0 Å². The van der Waals surface area contributed by atoms with E-state index < -0.39 is 24.9 Å². The lowest BCUT2D eigenvalue weighted by Gasteiger charge is -2.10. The first-order chi connectivity index (χ1) is 7.16. The molecule has 0 aromatic heterocycles. The predicted octanol–water partition coefficient (Wildman–Crippen LogP) is -1.73. The van der Waals surface area contributed by atoms with Crippen molar-refractivity contribution in [2.75, 3.05) is 31.6 Å². The molecule has 0 aromatic rings. The molecule has 1 atom stereocenters. The molecule has 0 saturated heterocycles. The molecule has 7 nitrogen and oxygen atoms in total. The zero-order valence-corrected chi connectivity index (χ0v) is 11.0. The maximum atomic E-state index is 11.2. The Hall–Kier alpha value is -0.220. The topological polar surface area (TPSA) is 116 Å². The molecule has 0 bridgehead atoms. The number of nitrogens with two attached hydrogens (primary N) is 1. The van der Waals surface area contributed by atoms with Gasteiger partial charge in [0.05, 0.1) is 6.61 Å². The number of hydrogen-bond acceptors (Lipinski definition) is 6. The van der Waals surface area contributed by atoms with E-state index in [2.05, 4.69) is 4.72 Å². The van der Waals surface area contributed by atoms with E-state index in [4.69, 9.17) is 10.5 Å². The second kappa shape index (κ2) is 6.50. The summed E-state index contributed by atoms with van der Waals surface area (Å²) in [6.07, 6.45) is 1.25. The third-order valence-corrected chi connectivity index (χ3v) is 5.18. The molecule has 0 rings (SSSR count). The summed E-state index contributed by atoms with van der Waals surface area (Å²) in [6.45, 7) is 0.427. The van der Waals surface area contributed by atoms with Crippen molar-refractivity contribution in [3.05, 3.63) is 0 Å². The van der Waals surface area contributed by atoms with Gasteiger partial charge in [0.25, 0.3) is 0 Å². The lowest BCUT2D eigenvalue weighted by atomic mass is 10.2. The minimum absolute atomic E-state index is 0.0996. The van der Waals surface area contributed by atoms with Gasteiger partial charge in [-0.05, 0) is 6.42 Å². The Morgan fingerprint density at radius 3 is 2.31 bits per heavy atom. The van der Waals surface area contributed by atoms with Crippen molar-refractivity contribution in [2.45, 2.75) is 12.5 Å². The van der Waals surface area contributed by atoms with Crippen LogP contribution in [0.25, 0.3) is 0 Å². The van der Waals surface area contributed by atoms with Gasteiger partial charge in [-0.15, -0.1) is 0 Å². The normalized spacial score (nSPS) is 14.9. The molecule has 0 saturated carbocycles. The third kappa shape index (κ3) is 9.04. The standard InChI is InChI=1S/C7H18N2O5S2/c1-14-5-7(8)3-4-9-16(12,13)6-15(2,10)11/h7,9H,3-6,8H2,1-2H3. The van der Waals surface area contributed by atoms with Gasteiger partial charge in [0.15, 0.2) is 14.9 Å². The molecule has 9 heteroatoms. The van der Waals surface area contributed by atoms with Gasteiger partial charge in [-0.1, -0.05) is 0 Å². The summed E-state index contributed by atoms with van der Waals surface area (Å²) in [7, 11) is -5.84. The van der Waals surface area contributed by atoms with E-state index in [-0.39, 0.29) is 12.6 Å². The number of hydrogen-bond donors (Lipinski definition) is 2. The first-order valence-corrected chi connectivity index (χ1v) is 8.27. The second-order valence-corrected chi connectivity index (χ2v) is 7.87. The van der Waals surface area contributed by atoms with Crippen molar-refractivity contribution in [3.63, 3.8) is 0 Å². The van der Waals surface area contributed by atoms with Crippen LogP contribution >= 0.6 is 0 Å². The Kier molecular flexibility index (Phi) is 6.41. The average Bonchev–Trinajstić information content (AvgIpc) is 1.98. The highest BCUT2D eigenvalue weighted by Crippen LogP contribution is 1.94. The van der Waals surface area contributed by atoms with Crippen LogP contribution in [0.4, 0.5) is 0 Å². The van der Waals surface area contributed by atoms with E-state index in [1.165, 1.54) is 7.11 Å². The molecule has 1 unspecified atom stereocenters. The summed E-state index contributed by atoms with van der Waals surface area (Å²) in [5.41, 5.74) is 5.56. The van der Waals surface area contributed by atoms with Crippen LogP contribution < -0.4 is 10.5 Å². The third-order valence-electron chi connectivity index (χ3n) is 1.59. The molecule has 0 heterocycles. The molecule has 0 aliphatic rings. The van der Waals surface area contributed by atoms with Crippen LogP contribution in [-0.2, 0) is 24.6 Å². The van der Waals surface area contributed by atoms with Crippen molar-refractivity contribution >= 4 is 19.9 Å². The van der Waals surface area contributed by atoms with Gasteiger partial charge in [0.2, 0.25) is 10.0 Å². The summed E-state index contributed by atoms with van der Waals surface area (Å²) in [6, 6.07) is -0.272. The zero-order valence-electron chi connectivity index (χ0n) is 9.34. The van der Waals surface area contributed by atoms with Gasteiger partial charge >= 0.3 is 0 Å². The summed E-state index contributed by atoms with van der Waals surface area (Å²) in [5, 5.41) is -0.903. The van der Waals surface area contributed by atoms with E-state index in [9.17, 15) is 16.8 Å². The van der Waals surface area contributed by atoms with E-state index in [1.54, 1.807) is 0 Å². The van der Waals surface area contributed by atoms with E-state index in [0.29, 0.717) is 13.0 Å². The Labute approximate surface area is 96.3 Å². The Morgan fingerprint density at radius 2 is 1.88 bits per heavy atom. The van der Waals surface area contributed by atoms with Gasteiger partial charge in [0.1, 0.15) is 0 Å². The van der Waals surface area contributed by atoms with Crippen molar-refractivity contribution in [1.82, 2.24) is 4.72 Å². The minimum atomic E-state index is -3.78. The fourth-order valence-corrected chi connectivity index (χ4v) is 4.04. The molecule has 0 radical (unpaired) electrons.